The van der Waals surface area contributed by atoms with E-state index in [0.29, 0.717) is 37.6 Å². The Labute approximate surface area is 156 Å². The van der Waals surface area contributed by atoms with Gasteiger partial charge >= 0.3 is 0 Å². The molecule has 7 nitrogen and oxygen atoms in total. The van der Waals surface area contributed by atoms with Gasteiger partial charge in [-0.1, -0.05) is 6.07 Å². The first-order valence-corrected chi connectivity index (χ1v) is 8.69. The third kappa shape index (κ3) is 4.52. The smallest absolute Gasteiger partial charge is 0.270 e. The summed E-state index contributed by atoms with van der Waals surface area (Å²) in [7, 11) is 0. The fraction of sp³-hybridized carbons (Fsp3) is 0.316. The highest BCUT2D eigenvalue weighted by Gasteiger charge is 2.25. The summed E-state index contributed by atoms with van der Waals surface area (Å²) in [6.07, 6.45) is 1.66. The fourth-order valence-corrected chi connectivity index (χ4v) is 3.05. The average Bonchev–Trinajstić information content (AvgIpc) is 3.09. The minimum Gasteiger partial charge on any atom is -0.339 e. The van der Waals surface area contributed by atoms with Gasteiger partial charge in [0.1, 0.15) is 18.1 Å². The number of benzene rings is 1. The second-order valence-corrected chi connectivity index (χ2v) is 6.38. The lowest BCUT2D eigenvalue weighted by Gasteiger charge is -2.34. The molecule has 3 amide bonds. The molecule has 0 bridgehead atoms. The molecular weight excluding hydrogens is 351 g/mol. The molecule has 1 fully saturated rings. The van der Waals surface area contributed by atoms with E-state index < -0.39 is 5.82 Å². The van der Waals surface area contributed by atoms with Crippen molar-refractivity contribution < 1.29 is 18.8 Å². The number of nitrogens with zero attached hydrogens (tertiary/aromatic N) is 3. The monoisotopic (exact) mass is 372 g/mol. The van der Waals surface area contributed by atoms with Gasteiger partial charge < -0.3 is 19.7 Å². The predicted octanol–water partition coefficient (Wildman–Crippen LogP) is 1.57. The molecule has 142 valence electrons. The quantitative estimate of drug-likeness (QED) is 0.885. The van der Waals surface area contributed by atoms with Gasteiger partial charge in [-0.3, -0.25) is 14.4 Å². The van der Waals surface area contributed by atoms with Crippen LogP contribution >= 0.6 is 0 Å². The Hall–Kier alpha value is -3.16. The van der Waals surface area contributed by atoms with Crippen LogP contribution in [0.1, 0.15) is 17.4 Å². The molecule has 2 aromatic rings. The van der Waals surface area contributed by atoms with E-state index in [0.717, 1.165) is 0 Å². The zero-order valence-corrected chi connectivity index (χ0v) is 15.0. The van der Waals surface area contributed by atoms with Crippen molar-refractivity contribution in [1.29, 1.82) is 0 Å². The second kappa shape index (κ2) is 8.03. The van der Waals surface area contributed by atoms with Crippen LogP contribution in [0.5, 0.6) is 0 Å². The number of carbonyl (C=O) groups excluding carboxylic acids is 3. The van der Waals surface area contributed by atoms with Crippen molar-refractivity contribution in [3.63, 3.8) is 0 Å². The van der Waals surface area contributed by atoms with Gasteiger partial charge in [0, 0.05) is 45.0 Å². The molecule has 1 aromatic carbocycles. The molecule has 0 atom stereocenters. The number of piperazine rings is 1. The number of nitrogens with one attached hydrogen (secondary N) is 1. The summed E-state index contributed by atoms with van der Waals surface area (Å²) in [4.78, 5) is 39.8. The highest BCUT2D eigenvalue weighted by molar-refractivity contribution is 5.95. The number of amides is 3. The summed E-state index contributed by atoms with van der Waals surface area (Å²) >= 11 is 0. The van der Waals surface area contributed by atoms with Crippen LogP contribution in [-0.4, -0.2) is 58.3 Å². The minimum atomic E-state index is -0.436. The number of hydrogen-bond donors (Lipinski definition) is 1. The van der Waals surface area contributed by atoms with Crippen molar-refractivity contribution in [2.24, 2.45) is 0 Å². The average molecular weight is 372 g/mol. The Morgan fingerprint density at radius 2 is 1.74 bits per heavy atom. The molecule has 0 radical (unpaired) electrons. The van der Waals surface area contributed by atoms with Crippen molar-refractivity contribution in [3.05, 3.63) is 54.1 Å². The van der Waals surface area contributed by atoms with Gasteiger partial charge in [0.2, 0.25) is 11.8 Å². The van der Waals surface area contributed by atoms with Gasteiger partial charge in [-0.2, -0.15) is 0 Å². The Balaban J connectivity index is 1.62. The first-order chi connectivity index (χ1) is 12.9. The molecule has 2 heterocycles. The number of aromatic nitrogens is 1. The largest absolute Gasteiger partial charge is 0.339 e. The third-order valence-corrected chi connectivity index (χ3v) is 4.48. The summed E-state index contributed by atoms with van der Waals surface area (Å²) in [5.74, 6) is -0.970. The maximum atomic E-state index is 13.2. The molecule has 1 aliphatic rings. The van der Waals surface area contributed by atoms with Crippen molar-refractivity contribution in [3.8, 4) is 0 Å². The van der Waals surface area contributed by atoms with E-state index in [-0.39, 0.29) is 24.3 Å². The molecule has 0 spiro atoms. The number of halogens is 1. The van der Waals surface area contributed by atoms with Crippen LogP contribution < -0.4 is 5.32 Å². The van der Waals surface area contributed by atoms with Crippen LogP contribution in [-0.2, 0) is 16.1 Å². The molecule has 0 saturated carbocycles. The summed E-state index contributed by atoms with van der Waals surface area (Å²) in [5, 5.41) is 2.62. The van der Waals surface area contributed by atoms with E-state index in [1.165, 1.54) is 25.1 Å². The van der Waals surface area contributed by atoms with Crippen LogP contribution in [0, 0.1) is 5.82 Å². The SMILES string of the molecule is CC(=O)N1CCN(C(=O)c2cccn2CC(=O)Nc2cccc(F)c2)CC1. The van der Waals surface area contributed by atoms with Crippen LogP contribution in [0.2, 0.25) is 0 Å². The van der Waals surface area contributed by atoms with Crippen molar-refractivity contribution in [2.75, 3.05) is 31.5 Å². The van der Waals surface area contributed by atoms with Crippen LogP contribution in [0.4, 0.5) is 10.1 Å². The van der Waals surface area contributed by atoms with Gasteiger partial charge in [0.15, 0.2) is 0 Å². The summed E-state index contributed by atoms with van der Waals surface area (Å²) in [6.45, 7) is 3.37. The predicted molar refractivity (Wildman–Crippen MR) is 97.6 cm³/mol. The highest BCUT2D eigenvalue weighted by Crippen LogP contribution is 2.12. The van der Waals surface area contributed by atoms with E-state index >= 15 is 0 Å². The Morgan fingerprint density at radius 3 is 2.41 bits per heavy atom. The van der Waals surface area contributed by atoms with Gasteiger partial charge in [-0.25, -0.2) is 4.39 Å². The maximum absolute atomic E-state index is 13.2. The fourth-order valence-electron chi connectivity index (χ4n) is 3.05. The molecule has 0 aliphatic carbocycles. The van der Waals surface area contributed by atoms with E-state index in [1.54, 1.807) is 38.8 Å². The van der Waals surface area contributed by atoms with Gasteiger partial charge in [0.05, 0.1) is 0 Å². The molecule has 1 N–H and O–H groups in total. The number of rotatable bonds is 4. The molecule has 1 saturated heterocycles. The molecule has 1 aromatic heterocycles. The molecule has 1 aliphatic heterocycles. The zero-order valence-electron chi connectivity index (χ0n) is 15.0. The summed E-state index contributed by atoms with van der Waals surface area (Å²) in [6, 6.07) is 9.00. The van der Waals surface area contributed by atoms with Crippen LogP contribution in [0.3, 0.4) is 0 Å². The molecule has 3 rings (SSSR count). The van der Waals surface area contributed by atoms with Crippen molar-refractivity contribution >= 4 is 23.4 Å². The number of carbonyl (C=O) groups is 3. The summed E-state index contributed by atoms with van der Waals surface area (Å²) < 4.78 is 14.8. The molecular formula is C19H21FN4O3. The lowest BCUT2D eigenvalue weighted by Crippen LogP contribution is -2.50. The van der Waals surface area contributed by atoms with Gasteiger partial charge in [0.25, 0.3) is 5.91 Å². The third-order valence-electron chi connectivity index (χ3n) is 4.48. The van der Waals surface area contributed by atoms with Crippen LogP contribution in [0.15, 0.2) is 42.6 Å². The van der Waals surface area contributed by atoms with E-state index in [9.17, 15) is 18.8 Å². The molecule has 27 heavy (non-hydrogen) atoms. The van der Waals surface area contributed by atoms with Crippen molar-refractivity contribution in [1.82, 2.24) is 14.4 Å². The maximum Gasteiger partial charge on any atom is 0.270 e. The topological polar surface area (TPSA) is 74.7 Å². The Bertz CT molecular complexity index is 856. The number of anilines is 1. The van der Waals surface area contributed by atoms with Gasteiger partial charge in [-0.15, -0.1) is 0 Å². The molecule has 8 heteroatoms. The lowest BCUT2D eigenvalue weighted by atomic mass is 10.2. The summed E-state index contributed by atoms with van der Waals surface area (Å²) in [5.41, 5.74) is 0.765. The Kier molecular flexibility index (Phi) is 5.54. The highest BCUT2D eigenvalue weighted by atomic mass is 19.1. The first kappa shape index (κ1) is 18.6. The van der Waals surface area contributed by atoms with E-state index in [1.807, 2.05) is 0 Å². The normalized spacial score (nSPS) is 14.1. The lowest BCUT2D eigenvalue weighted by molar-refractivity contribution is -0.130. The Morgan fingerprint density at radius 1 is 1.04 bits per heavy atom. The van der Waals surface area contributed by atoms with Gasteiger partial charge in [-0.05, 0) is 30.3 Å². The molecule has 0 unspecified atom stereocenters. The number of hydrogen-bond acceptors (Lipinski definition) is 3. The minimum absolute atomic E-state index is 0.000469. The standard InChI is InChI=1S/C19H21FN4O3/c1-14(25)22-8-10-23(11-9-22)19(27)17-6-3-7-24(17)13-18(26)21-16-5-2-4-15(20)12-16/h2-7,12H,8-11,13H2,1H3,(H,21,26). The van der Waals surface area contributed by atoms with E-state index in [2.05, 4.69) is 5.32 Å². The zero-order chi connectivity index (χ0) is 19.4. The van der Waals surface area contributed by atoms with Crippen LogP contribution in [0.25, 0.3) is 0 Å². The van der Waals surface area contributed by atoms with E-state index in [4.69, 9.17) is 0 Å². The first-order valence-electron chi connectivity index (χ1n) is 8.69. The van der Waals surface area contributed by atoms with Crippen molar-refractivity contribution in [2.45, 2.75) is 13.5 Å². The second-order valence-electron chi connectivity index (χ2n) is 6.38.